The van der Waals surface area contributed by atoms with Crippen molar-refractivity contribution in [2.24, 2.45) is 0 Å². The number of ether oxygens (including phenoxy) is 1. The number of carbonyl (C=O) groups excluding carboxylic acids is 1. The molecule has 0 fully saturated rings. The first kappa shape index (κ1) is 19.0. The molecule has 0 amide bonds. The van der Waals surface area contributed by atoms with Crippen LogP contribution in [0.3, 0.4) is 0 Å². The average Bonchev–Trinajstić information content (AvgIpc) is 2.92. The Morgan fingerprint density at radius 3 is 2.70 bits per heavy atom. The second-order valence-corrected chi connectivity index (χ2v) is 6.62. The van der Waals surface area contributed by atoms with Gasteiger partial charge in [0.1, 0.15) is 16.8 Å². The molecular formula is C21H16Cl2N2O2. The van der Waals surface area contributed by atoms with E-state index in [1.165, 1.54) is 6.08 Å². The Kier molecular flexibility index (Phi) is 5.85. The van der Waals surface area contributed by atoms with E-state index >= 15 is 0 Å². The number of benzene rings is 2. The number of hydrogen-bond donors (Lipinski definition) is 0. The number of para-hydroxylation sites is 1. The zero-order valence-corrected chi connectivity index (χ0v) is 16.1. The minimum absolute atomic E-state index is 0.0931. The van der Waals surface area contributed by atoms with Crippen molar-refractivity contribution in [3.8, 4) is 6.07 Å². The van der Waals surface area contributed by atoms with Gasteiger partial charge in [-0.15, -0.1) is 0 Å². The third-order valence-electron chi connectivity index (χ3n) is 4.08. The van der Waals surface area contributed by atoms with Crippen molar-refractivity contribution in [1.82, 2.24) is 4.57 Å². The topological polar surface area (TPSA) is 55.0 Å². The van der Waals surface area contributed by atoms with Crippen LogP contribution in [-0.4, -0.2) is 17.1 Å². The summed E-state index contributed by atoms with van der Waals surface area (Å²) in [6, 6.07) is 17.1. The van der Waals surface area contributed by atoms with Gasteiger partial charge in [0, 0.05) is 22.5 Å². The first-order chi connectivity index (χ1) is 13.0. The fourth-order valence-electron chi connectivity index (χ4n) is 2.90. The van der Waals surface area contributed by atoms with Crippen LogP contribution in [0.15, 0.2) is 54.1 Å². The summed E-state index contributed by atoms with van der Waals surface area (Å²) in [4.78, 5) is 12.0. The van der Waals surface area contributed by atoms with Gasteiger partial charge in [-0.1, -0.05) is 53.5 Å². The molecule has 0 aliphatic carbocycles. The standard InChI is InChI=1S/C21H16Cl2N2O2/c1-2-27-21(26)15(12-24)11-18-17-8-3-4-9-19(17)25(20(18)23)13-14-6-5-7-16(22)10-14/h3-11H,2,13H2,1H3/b15-11-. The van der Waals surface area contributed by atoms with Gasteiger partial charge in [-0.3, -0.25) is 0 Å². The molecule has 0 spiro atoms. The SMILES string of the molecule is CCOC(=O)/C(C#N)=C\c1c(Cl)n(Cc2cccc(Cl)c2)c2ccccc12. The monoisotopic (exact) mass is 398 g/mol. The number of aromatic nitrogens is 1. The predicted molar refractivity (Wildman–Crippen MR) is 108 cm³/mol. The predicted octanol–water partition coefficient (Wildman–Crippen LogP) is 5.47. The van der Waals surface area contributed by atoms with Crippen molar-refractivity contribution in [3.05, 3.63) is 75.4 Å². The summed E-state index contributed by atoms with van der Waals surface area (Å²) >= 11 is 12.7. The van der Waals surface area contributed by atoms with E-state index in [4.69, 9.17) is 27.9 Å². The maximum Gasteiger partial charge on any atom is 0.348 e. The van der Waals surface area contributed by atoms with E-state index in [9.17, 15) is 10.1 Å². The number of hydrogen-bond acceptors (Lipinski definition) is 3. The Morgan fingerprint density at radius 2 is 2.00 bits per heavy atom. The Balaban J connectivity index is 2.14. The highest BCUT2D eigenvalue weighted by atomic mass is 35.5. The van der Waals surface area contributed by atoms with Crippen LogP contribution in [0.5, 0.6) is 0 Å². The molecule has 0 unspecified atom stereocenters. The number of carbonyl (C=O) groups is 1. The van der Waals surface area contributed by atoms with Crippen molar-refractivity contribution in [3.63, 3.8) is 0 Å². The van der Waals surface area contributed by atoms with Crippen LogP contribution in [0.1, 0.15) is 18.1 Å². The smallest absolute Gasteiger partial charge is 0.348 e. The van der Waals surface area contributed by atoms with Crippen LogP contribution in [0.25, 0.3) is 17.0 Å². The highest BCUT2D eigenvalue weighted by Crippen LogP contribution is 2.33. The van der Waals surface area contributed by atoms with Crippen LogP contribution in [-0.2, 0) is 16.1 Å². The molecule has 0 saturated heterocycles. The molecule has 27 heavy (non-hydrogen) atoms. The lowest BCUT2D eigenvalue weighted by Crippen LogP contribution is -2.06. The summed E-state index contributed by atoms with van der Waals surface area (Å²) in [5.41, 5.74) is 2.41. The van der Waals surface area contributed by atoms with Gasteiger partial charge in [0.05, 0.1) is 12.1 Å². The minimum atomic E-state index is -0.664. The lowest BCUT2D eigenvalue weighted by molar-refractivity contribution is -0.137. The highest BCUT2D eigenvalue weighted by molar-refractivity contribution is 6.33. The zero-order chi connectivity index (χ0) is 19.4. The lowest BCUT2D eigenvalue weighted by atomic mass is 10.1. The quantitative estimate of drug-likeness (QED) is 0.325. The van der Waals surface area contributed by atoms with E-state index in [0.29, 0.717) is 22.3 Å². The normalized spacial score (nSPS) is 11.4. The molecule has 3 rings (SSSR count). The summed E-state index contributed by atoms with van der Waals surface area (Å²) < 4.78 is 6.87. The molecule has 0 N–H and O–H groups in total. The number of nitrogens with zero attached hydrogens (tertiary/aromatic N) is 2. The van der Waals surface area contributed by atoms with Gasteiger partial charge in [0.2, 0.25) is 0 Å². The molecule has 0 aliphatic heterocycles. The highest BCUT2D eigenvalue weighted by Gasteiger charge is 2.17. The molecule has 1 heterocycles. The van der Waals surface area contributed by atoms with Crippen LogP contribution >= 0.6 is 23.2 Å². The van der Waals surface area contributed by atoms with E-state index in [0.717, 1.165) is 16.5 Å². The van der Waals surface area contributed by atoms with Gasteiger partial charge in [-0.05, 0) is 36.8 Å². The largest absolute Gasteiger partial charge is 0.462 e. The summed E-state index contributed by atoms with van der Waals surface area (Å²) in [6.45, 7) is 2.40. The molecular weight excluding hydrogens is 383 g/mol. The van der Waals surface area contributed by atoms with Gasteiger partial charge < -0.3 is 9.30 Å². The van der Waals surface area contributed by atoms with Crippen molar-refractivity contribution < 1.29 is 9.53 Å². The van der Waals surface area contributed by atoms with E-state index < -0.39 is 5.97 Å². The van der Waals surface area contributed by atoms with Gasteiger partial charge in [0.25, 0.3) is 0 Å². The molecule has 2 aromatic carbocycles. The molecule has 0 bridgehead atoms. The van der Waals surface area contributed by atoms with E-state index in [-0.39, 0.29) is 12.2 Å². The van der Waals surface area contributed by atoms with Crippen molar-refractivity contribution in [2.45, 2.75) is 13.5 Å². The Labute approximate surface area is 167 Å². The first-order valence-electron chi connectivity index (χ1n) is 8.35. The lowest BCUT2D eigenvalue weighted by Gasteiger charge is -2.08. The van der Waals surface area contributed by atoms with Crippen LogP contribution in [0.2, 0.25) is 10.2 Å². The van der Waals surface area contributed by atoms with Crippen molar-refractivity contribution in [2.75, 3.05) is 6.61 Å². The van der Waals surface area contributed by atoms with Crippen LogP contribution in [0.4, 0.5) is 0 Å². The summed E-state index contributed by atoms with van der Waals surface area (Å²) in [6.07, 6.45) is 1.48. The summed E-state index contributed by atoms with van der Waals surface area (Å²) in [5, 5.41) is 11.3. The van der Waals surface area contributed by atoms with E-state index in [1.807, 2.05) is 59.2 Å². The minimum Gasteiger partial charge on any atom is -0.462 e. The number of esters is 1. The molecule has 4 nitrogen and oxygen atoms in total. The second kappa shape index (κ2) is 8.30. The molecule has 0 saturated carbocycles. The second-order valence-electron chi connectivity index (χ2n) is 5.83. The third-order valence-corrected chi connectivity index (χ3v) is 4.72. The van der Waals surface area contributed by atoms with E-state index in [1.54, 1.807) is 6.92 Å². The summed E-state index contributed by atoms with van der Waals surface area (Å²) in [5.74, 6) is -0.664. The fraction of sp³-hybridized carbons (Fsp3) is 0.143. The number of nitriles is 1. The van der Waals surface area contributed by atoms with Crippen LogP contribution < -0.4 is 0 Å². The maximum atomic E-state index is 12.0. The number of fused-ring (bicyclic) bond motifs is 1. The third kappa shape index (κ3) is 4.00. The Hall–Kier alpha value is -2.74. The Bertz CT molecular complexity index is 1080. The van der Waals surface area contributed by atoms with Crippen molar-refractivity contribution >= 4 is 46.2 Å². The molecule has 0 aliphatic rings. The Morgan fingerprint density at radius 1 is 1.22 bits per heavy atom. The van der Waals surface area contributed by atoms with E-state index in [2.05, 4.69) is 0 Å². The number of halogens is 2. The molecule has 1 aromatic heterocycles. The molecule has 3 aromatic rings. The zero-order valence-electron chi connectivity index (χ0n) is 14.6. The summed E-state index contributed by atoms with van der Waals surface area (Å²) in [7, 11) is 0. The van der Waals surface area contributed by atoms with Gasteiger partial charge >= 0.3 is 5.97 Å². The molecule has 0 radical (unpaired) electrons. The van der Waals surface area contributed by atoms with Gasteiger partial charge in [-0.25, -0.2) is 4.79 Å². The van der Waals surface area contributed by atoms with Crippen LogP contribution in [0, 0.1) is 11.3 Å². The number of rotatable bonds is 5. The first-order valence-corrected chi connectivity index (χ1v) is 9.10. The molecule has 6 heteroatoms. The molecule has 136 valence electrons. The van der Waals surface area contributed by atoms with Gasteiger partial charge in [-0.2, -0.15) is 5.26 Å². The fourth-order valence-corrected chi connectivity index (χ4v) is 3.42. The average molecular weight is 399 g/mol. The maximum absolute atomic E-state index is 12.0. The molecule has 0 atom stereocenters. The van der Waals surface area contributed by atoms with Gasteiger partial charge in [0.15, 0.2) is 0 Å². The van der Waals surface area contributed by atoms with Crippen molar-refractivity contribution in [1.29, 1.82) is 5.26 Å².